The second-order valence-corrected chi connectivity index (χ2v) is 5.02. The van der Waals surface area contributed by atoms with E-state index in [0.29, 0.717) is 16.9 Å². The number of nitrogens with one attached hydrogen (secondary N) is 1. The second-order valence-electron chi connectivity index (χ2n) is 3.36. The summed E-state index contributed by atoms with van der Waals surface area (Å²) < 4.78 is 5.39. The topological polar surface area (TPSA) is 75.4 Å². The number of hydrogen-bond acceptors (Lipinski definition) is 5. The number of carboxylic acid groups (broad SMARTS) is 1. The van der Waals surface area contributed by atoms with Crippen LogP contribution in [0.5, 0.6) is 0 Å². The molecule has 0 saturated carbocycles. The van der Waals surface area contributed by atoms with Crippen LogP contribution in [-0.2, 0) is 4.79 Å². The fourth-order valence-corrected chi connectivity index (χ4v) is 2.35. The average molecular weight is 270 g/mol. The summed E-state index contributed by atoms with van der Waals surface area (Å²) in [6.45, 7) is 0. The second kappa shape index (κ2) is 5.38. The lowest BCUT2D eigenvalue weighted by Crippen LogP contribution is -2.31. The summed E-state index contributed by atoms with van der Waals surface area (Å²) in [5, 5.41) is 11.7. The van der Waals surface area contributed by atoms with E-state index in [4.69, 9.17) is 9.52 Å². The molecule has 90 valence electrons. The van der Waals surface area contributed by atoms with Crippen LogP contribution in [0.4, 0.5) is 6.01 Å². The standard InChI is InChI=1S/C10H11N2O3PS/c13-9(14)7(5-17-16)12-10-11-6-3-1-2-4-8(6)15-10/h1-4,7H,5,16H2,(H,11,12)(H,13,14). The molecule has 2 rings (SSSR count). The Morgan fingerprint density at radius 2 is 2.35 bits per heavy atom. The molecule has 2 N–H and O–H groups in total. The van der Waals surface area contributed by atoms with Crippen molar-refractivity contribution < 1.29 is 14.3 Å². The molecular formula is C10H11N2O3PS. The van der Waals surface area contributed by atoms with Crippen molar-refractivity contribution in [1.29, 1.82) is 0 Å². The van der Waals surface area contributed by atoms with Crippen molar-refractivity contribution in [2.24, 2.45) is 0 Å². The highest BCUT2D eigenvalue weighted by Crippen LogP contribution is 2.20. The van der Waals surface area contributed by atoms with Crippen LogP contribution < -0.4 is 5.32 Å². The Labute approximate surface area is 104 Å². The third kappa shape index (κ3) is 2.90. The number of aromatic nitrogens is 1. The molecule has 0 saturated heterocycles. The zero-order chi connectivity index (χ0) is 12.3. The molecule has 0 radical (unpaired) electrons. The normalized spacial score (nSPS) is 12.5. The Balaban J connectivity index is 2.19. The molecule has 1 aromatic heterocycles. The summed E-state index contributed by atoms with van der Waals surface area (Å²) in [6, 6.07) is 6.80. The van der Waals surface area contributed by atoms with E-state index >= 15 is 0 Å². The first-order chi connectivity index (χ1) is 8.20. The van der Waals surface area contributed by atoms with Crippen molar-refractivity contribution in [3.05, 3.63) is 24.3 Å². The lowest BCUT2D eigenvalue weighted by Gasteiger charge is -2.10. The number of oxazole rings is 1. The molecule has 1 heterocycles. The predicted octanol–water partition coefficient (Wildman–Crippen LogP) is 2.22. The largest absolute Gasteiger partial charge is 0.480 e. The number of carboxylic acids is 1. The van der Waals surface area contributed by atoms with Gasteiger partial charge in [0.25, 0.3) is 6.01 Å². The van der Waals surface area contributed by atoms with E-state index in [0.717, 1.165) is 0 Å². The third-order valence-electron chi connectivity index (χ3n) is 2.15. The fourth-order valence-electron chi connectivity index (χ4n) is 1.35. The van der Waals surface area contributed by atoms with Crippen LogP contribution in [-0.4, -0.2) is 27.9 Å². The SMILES string of the molecule is O=C(O)C(CSP)Nc1nc2ccccc2o1. The Kier molecular flexibility index (Phi) is 3.86. The highest BCUT2D eigenvalue weighted by molar-refractivity contribution is 8.43. The number of rotatable bonds is 5. The highest BCUT2D eigenvalue weighted by atomic mass is 32.7. The zero-order valence-electron chi connectivity index (χ0n) is 8.79. The smallest absolute Gasteiger partial charge is 0.327 e. The van der Waals surface area contributed by atoms with Gasteiger partial charge in [0, 0.05) is 5.75 Å². The predicted molar refractivity (Wildman–Crippen MR) is 71.2 cm³/mol. The minimum Gasteiger partial charge on any atom is -0.480 e. The van der Waals surface area contributed by atoms with Crippen LogP contribution in [0.15, 0.2) is 28.7 Å². The van der Waals surface area contributed by atoms with Gasteiger partial charge in [-0.15, -0.1) is 11.4 Å². The zero-order valence-corrected chi connectivity index (χ0v) is 10.8. The number of fused-ring (bicyclic) bond motifs is 1. The Morgan fingerprint density at radius 1 is 1.59 bits per heavy atom. The molecule has 2 aromatic rings. The van der Waals surface area contributed by atoms with Crippen LogP contribution in [0, 0.1) is 0 Å². The van der Waals surface area contributed by atoms with Gasteiger partial charge in [-0.3, -0.25) is 0 Å². The Hall–Kier alpha value is -1.26. The number of anilines is 1. The number of nitrogens with zero attached hydrogens (tertiary/aromatic N) is 1. The van der Waals surface area contributed by atoms with E-state index in [1.54, 1.807) is 6.07 Å². The van der Waals surface area contributed by atoms with Crippen LogP contribution in [0.25, 0.3) is 11.1 Å². The minimum atomic E-state index is -0.929. The van der Waals surface area contributed by atoms with E-state index in [1.165, 1.54) is 11.4 Å². The summed E-state index contributed by atoms with van der Waals surface area (Å²) in [5.41, 5.74) is 1.34. The first-order valence-corrected chi connectivity index (χ1v) is 7.33. The third-order valence-corrected chi connectivity index (χ3v) is 3.26. The number of benzene rings is 1. The van der Waals surface area contributed by atoms with Crippen LogP contribution in [0.3, 0.4) is 0 Å². The molecule has 2 atom stereocenters. The van der Waals surface area contributed by atoms with Crippen molar-refractivity contribution in [3.63, 3.8) is 0 Å². The van der Waals surface area contributed by atoms with Crippen molar-refractivity contribution in [2.45, 2.75) is 6.04 Å². The van der Waals surface area contributed by atoms with Gasteiger partial charge in [-0.2, -0.15) is 4.98 Å². The molecule has 0 amide bonds. The van der Waals surface area contributed by atoms with Crippen molar-refractivity contribution in [2.75, 3.05) is 11.1 Å². The molecule has 0 aliphatic rings. The Morgan fingerprint density at radius 3 is 3.00 bits per heavy atom. The summed E-state index contributed by atoms with van der Waals surface area (Å²) in [6.07, 6.45) is 0. The van der Waals surface area contributed by atoms with Gasteiger partial charge in [0.1, 0.15) is 11.6 Å². The molecular weight excluding hydrogens is 259 g/mol. The van der Waals surface area contributed by atoms with Crippen molar-refractivity contribution in [3.8, 4) is 0 Å². The van der Waals surface area contributed by atoms with Crippen molar-refractivity contribution in [1.82, 2.24) is 4.98 Å². The molecule has 7 heteroatoms. The fraction of sp³-hybridized carbons (Fsp3) is 0.200. The number of para-hydroxylation sites is 2. The van der Waals surface area contributed by atoms with Gasteiger partial charge in [0.2, 0.25) is 0 Å². The molecule has 1 aromatic carbocycles. The molecule has 2 unspecified atom stereocenters. The number of hydrogen-bond donors (Lipinski definition) is 2. The maximum atomic E-state index is 11.0. The number of carbonyl (C=O) groups is 1. The molecule has 5 nitrogen and oxygen atoms in total. The van der Waals surface area contributed by atoms with Crippen LogP contribution in [0.1, 0.15) is 0 Å². The van der Waals surface area contributed by atoms with E-state index in [-0.39, 0.29) is 6.01 Å². The molecule has 0 spiro atoms. The van der Waals surface area contributed by atoms with E-state index in [2.05, 4.69) is 18.7 Å². The first kappa shape index (κ1) is 12.2. The van der Waals surface area contributed by atoms with Gasteiger partial charge in [-0.1, -0.05) is 20.6 Å². The molecule has 0 fully saturated rings. The van der Waals surface area contributed by atoms with Crippen LogP contribution >= 0.6 is 19.8 Å². The summed E-state index contributed by atoms with van der Waals surface area (Å²) in [5.74, 6) is -0.513. The highest BCUT2D eigenvalue weighted by Gasteiger charge is 2.18. The lowest BCUT2D eigenvalue weighted by molar-refractivity contribution is -0.137. The van der Waals surface area contributed by atoms with E-state index in [9.17, 15) is 4.79 Å². The van der Waals surface area contributed by atoms with Gasteiger partial charge in [0.15, 0.2) is 5.58 Å². The average Bonchev–Trinajstić information content (AvgIpc) is 2.70. The van der Waals surface area contributed by atoms with E-state index < -0.39 is 12.0 Å². The summed E-state index contributed by atoms with van der Waals surface area (Å²) in [4.78, 5) is 15.1. The first-order valence-electron chi connectivity index (χ1n) is 4.87. The summed E-state index contributed by atoms with van der Waals surface area (Å²) >= 11 is 1.37. The van der Waals surface area contributed by atoms with Gasteiger partial charge in [0.05, 0.1) is 0 Å². The quantitative estimate of drug-likeness (QED) is 0.811. The molecule has 0 aliphatic carbocycles. The van der Waals surface area contributed by atoms with Crippen molar-refractivity contribution >= 4 is 42.9 Å². The molecule has 0 aliphatic heterocycles. The van der Waals surface area contributed by atoms with Gasteiger partial charge < -0.3 is 14.8 Å². The van der Waals surface area contributed by atoms with Crippen LogP contribution in [0.2, 0.25) is 0 Å². The molecule has 17 heavy (non-hydrogen) atoms. The summed E-state index contributed by atoms with van der Waals surface area (Å²) in [7, 11) is 2.42. The Bertz CT molecular complexity index is 498. The maximum Gasteiger partial charge on any atom is 0.327 e. The van der Waals surface area contributed by atoms with Gasteiger partial charge in [-0.05, 0) is 12.1 Å². The van der Waals surface area contributed by atoms with E-state index in [1.807, 2.05) is 18.2 Å². The monoisotopic (exact) mass is 270 g/mol. The lowest BCUT2D eigenvalue weighted by atomic mass is 10.3. The number of aliphatic carboxylic acids is 1. The minimum absolute atomic E-state index is 0.234. The van der Waals surface area contributed by atoms with Gasteiger partial charge >= 0.3 is 5.97 Å². The van der Waals surface area contributed by atoms with Gasteiger partial charge in [-0.25, -0.2) is 4.79 Å². The maximum absolute atomic E-state index is 11.0. The molecule has 0 bridgehead atoms.